The van der Waals surface area contributed by atoms with Gasteiger partial charge in [-0.2, -0.15) is 26.3 Å². The molecule has 11 heteroatoms. The van der Waals surface area contributed by atoms with Crippen molar-refractivity contribution in [2.75, 3.05) is 13.1 Å². The fourth-order valence-electron chi connectivity index (χ4n) is 4.94. The molecule has 2 heterocycles. The van der Waals surface area contributed by atoms with E-state index in [9.17, 15) is 31.1 Å². The van der Waals surface area contributed by atoms with E-state index in [1.165, 1.54) is 46.9 Å². The van der Waals surface area contributed by atoms with Gasteiger partial charge in [0.15, 0.2) is 0 Å². The fraction of sp³-hybridized carbons (Fsp3) is 0.267. The smallest absolute Gasteiger partial charge is 0.348 e. The Hall–Kier alpha value is -4.12. The van der Waals surface area contributed by atoms with Crippen LogP contribution in [0, 0.1) is 0 Å². The molecule has 1 aliphatic heterocycles. The number of carbonyl (C=O) groups is 1. The van der Waals surface area contributed by atoms with Crippen LogP contribution in [0.25, 0.3) is 16.8 Å². The summed E-state index contributed by atoms with van der Waals surface area (Å²) in [6.45, 7) is 2.53. The summed E-state index contributed by atoms with van der Waals surface area (Å²) in [7, 11) is 0. The van der Waals surface area contributed by atoms with Gasteiger partial charge in [0.1, 0.15) is 5.69 Å². The van der Waals surface area contributed by atoms with E-state index in [1.807, 2.05) is 18.2 Å². The predicted octanol–water partition coefficient (Wildman–Crippen LogP) is 6.97. The Morgan fingerprint density at radius 1 is 0.829 bits per heavy atom. The molecule has 1 saturated heterocycles. The number of rotatable bonds is 6. The predicted molar refractivity (Wildman–Crippen MR) is 141 cm³/mol. The van der Waals surface area contributed by atoms with Crippen molar-refractivity contribution in [1.82, 2.24) is 19.8 Å². The summed E-state index contributed by atoms with van der Waals surface area (Å²) in [4.78, 5) is 19.5. The molecule has 5 rings (SSSR count). The Morgan fingerprint density at radius 2 is 1.44 bits per heavy atom. The molecule has 4 aromatic rings. The topological polar surface area (TPSA) is 50.2 Å². The highest BCUT2D eigenvalue weighted by atomic mass is 19.4. The molecule has 214 valence electrons. The van der Waals surface area contributed by atoms with E-state index >= 15 is 0 Å². The first-order valence-corrected chi connectivity index (χ1v) is 13.0. The lowest BCUT2D eigenvalue weighted by Crippen LogP contribution is -2.44. The van der Waals surface area contributed by atoms with Crippen molar-refractivity contribution in [3.05, 3.63) is 108 Å². The molecule has 1 N–H and O–H groups in total. The molecule has 3 aromatic carbocycles. The van der Waals surface area contributed by atoms with Gasteiger partial charge in [-0.15, -0.1) is 0 Å². The van der Waals surface area contributed by atoms with Gasteiger partial charge in [-0.05, 0) is 59.9 Å². The number of halogens is 6. The summed E-state index contributed by atoms with van der Waals surface area (Å²) in [5.74, 6) is -0.319. The minimum absolute atomic E-state index is 0.0102. The highest BCUT2D eigenvalue weighted by Gasteiger charge is 2.37. The van der Waals surface area contributed by atoms with Crippen LogP contribution in [0.4, 0.5) is 26.3 Å². The first-order chi connectivity index (χ1) is 19.5. The third-order valence-electron chi connectivity index (χ3n) is 7.11. The van der Waals surface area contributed by atoms with E-state index in [4.69, 9.17) is 0 Å². The number of nitrogens with one attached hydrogen (secondary N) is 1. The van der Waals surface area contributed by atoms with Gasteiger partial charge < -0.3 is 5.32 Å². The van der Waals surface area contributed by atoms with Crippen molar-refractivity contribution in [3.8, 4) is 16.8 Å². The molecule has 1 aliphatic rings. The number of imidazole rings is 1. The second-order valence-electron chi connectivity index (χ2n) is 10.00. The van der Waals surface area contributed by atoms with Crippen molar-refractivity contribution in [3.63, 3.8) is 0 Å². The molecule has 0 atom stereocenters. The second-order valence-corrected chi connectivity index (χ2v) is 10.00. The summed E-state index contributed by atoms with van der Waals surface area (Å²) in [5.41, 5.74) is -0.838. The first-order valence-electron chi connectivity index (χ1n) is 13.0. The van der Waals surface area contributed by atoms with Gasteiger partial charge in [0, 0.05) is 31.4 Å². The zero-order chi connectivity index (χ0) is 29.2. The molecular formula is C30H26F6N4O. The lowest BCUT2D eigenvalue weighted by Gasteiger charge is -2.32. The summed E-state index contributed by atoms with van der Waals surface area (Å²) in [6.07, 6.45) is -5.45. The molecule has 41 heavy (non-hydrogen) atoms. The van der Waals surface area contributed by atoms with Crippen LogP contribution in [0.1, 0.15) is 40.0 Å². The zero-order valence-electron chi connectivity index (χ0n) is 21.7. The third-order valence-corrected chi connectivity index (χ3v) is 7.11. The lowest BCUT2D eigenvalue weighted by atomic mass is 9.99. The normalized spacial score (nSPS) is 15.2. The highest BCUT2D eigenvalue weighted by molar-refractivity contribution is 5.93. The Kier molecular flexibility index (Phi) is 7.90. The molecule has 1 aromatic heterocycles. The van der Waals surface area contributed by atoms with Crippen molar-refractivity contribution in [1.29, 1.82) is 0 Å². The van der Waals surface area contributed by atoms with Crippen LogP contribution < -0.4 is 5.32 Å². The maximum absolute atomic E-state index is 13.3. The number of likely N-dealkylation sites (tertiary alicyclic amines) is 1. The van der Waals surface area contributed by atoms with Gasteiger partial charge in [0.2, 0.25) is 0 Å². The standard InChI is InChI=1S/C30H26F6N4O/c31-29(32,33)23-14-22(15-24(16-23)30(34,35)36)21-6-8-26(9-7-21)40-19-37-17-27(40)28(41)38-25-10-12-39(13-11-25)18-20-4-2-1-3-5-20/h1-9,14-17,19,25H,10-13,18H2,(H,38,41). The number of nitrogens with zero attached hydrogens (tertiary/aromatic N) is 3. The van der Waals surface area contributed by atoms with Crippen LogP contribution in [0.5, 0.6) is 0 Å². The minimum atomic E-state index is -4.94. The minimum Gasteiger partial charge on any atom is -0.348 e. The second kappa shape index (κ2) is 11.4. The molecule has 1 amide bonds. The molecule has 0 spiro atoms. The number of hydrogen-bond donors (Lipinski definition) is 1. The van der Waals surface area contributed by atoms with E-state index in [0.29, 0.717) is 17.8 Å². The van der Waals surface area contributed by atoms with Gasteiger partial charge in [0.25, 0.3) is 5.91 Å². The first kappa shape index (κ1) is 28.4. The van der Waals surface area contributed by atoms with Crippen LogP contribution in [0.2, 0.25) is 0 Å². The Balaban J connectivity index is 1.27. The molecule has 0 bridgehead atoms. The van der Waals surface area contributed by atoms with Crippen molar-refractivity contribution in [2.45, 2.75) is 37.8 Å². The molecule has 5 nitrogen and oxygen atoms in total. The average molecular weight is 573 g/mol. The number of alkyl halides is 6. The molecular weight excluding hydrogens is 546 g/mol. The Bertz CT molecular complexity index is 1460. The molecule has 0 saturated carbocycles. The van der Waals surface area contributed by atoms with Gasteiger partial charge in [-0.25, -0.2) is 4.98 Å². The van der Waals surface area contributed by atoms with Crippen LogP contribution in [0.3, 0.4) is 0 Å². The summed E-state index contributed by atoms with van der Waals surface area (Å²) in [6, 6.07) is 17.5. The van der Waals surface area contributed by atoms with E-state index in [-0.39, 0.29) is 34.8 Å². The van der Waals surface area contributed by atoms with Crippen LogP contribution in [-0.2, 0) is 18.9 Å². The van der Waals surface area contributed by atoms with E-state index in [2.05, 4.69) is 27.3 Å². The molecule has 1 fully saturated rings. The van der Waals surface area contributed by atoms with Gasteiger partial charge in [-0.1, -0.05) is 42.5 Å². The van der Waals surface area contributed by atoms with Crippen LogP contribution >= 0.6 is 0 Å². The number of amides is 1. The fourth-order valence-corrected chi connectivity index (χ4v) is 4.94. The number of aromatic nitrogens is 2. The SMILES string of the molecule is O=C(NC1CCN(Cc2ccccc2)CC1)c1cncn1-c1ccc(-c2cc(C(F)(F)F)cc(C(F)(F)F)c2)cc1. The summed E-state index contributed by atoms with van der Waals surface area (Å²) in [5, 5.41) is 3.05. The molecule has 0 aliphatic carbocycles. The van der Waals surface area contributed by atoms with E-state index in [0.717, 1.165) is 32.5 Å². The zero-order valence-corrected chi connectivity index (χ0v) is 21.7. The van der Waals surface area contributed by atoms with E-state index < -0.39 is 23.5 Å². The number of hydrogen-bond acceptors (Lipinski definition) is 3. The van der Waals surface area contributed by atoms with E-state index in [1.54, 1.807) is 0 Å². The number of piperidine rings is 1. The monoisotopic (exact) mass is 572 g/mol. The van der Waals surface area contributed by atoms with Gasteiger partial charge in [-0.3, -0.25) is 14.3 Å². The number of carbonyl (C=O) groups excluding carboxylic acids is 1. The third kappa shape index (κ3) is 6.79. The van der Waals surface area contributed by atoms with Crippen LogP contribution in [0.15, 0.2) is 85.3 Å². The van der Waals surface area contributed by atoms with Crippen molar-refractivity contribution in [2.24, 2.45) is 0 Å². The van der Waals surface area contributed by atoms with Gasteiger partial charge in [0.05, 0.1) is 23.7 Å². The van der Waals surface area contributed by atoms with Crippen molar-refractivity contribution >= 4 is 5.91 Å². The maximum Gasteiger partial charge on any atom is 0.416 e. The number of benzene rings is 3. The average Bonchev–Trinajstić information content (AvgIpc) is 3.44. The van der Waals surface area contributed by atoms with Crippen LogP contribution in [-0.4, -0.2) is 39.5 Å². The lowest BCUT2D eigenvalue weighted by molar-refractivity contribution is -0.143. The Labute approximate surface area is 232 Å². The summed E-state index contributed by atoms with van der Waals surface area (Å²) < 4.78 is 81.2. The highest BCUT2D eigenvalue weighted by Crippen LogP contribution is 2.38. The quantitative estimate of drug-likeness (QED) is 0.254. The summed E-state index contributed by atoms with van der Waals surface area (Å²) >= 11 is 0. The molecule has 0 radical (unpaired) electrons. The van der Waals surface area contributed by atoms with Crippen molar-refractivity contribution < 1.29 is 31.1 Å². The maximum atomic E-state index is 13.3. The molecule has 0 unspecified atom stereocenters. The largest absolute Gasteiger partial charge is 0.416 e. The Morgan fingerprint density at radius 3 is 2.02 bits per heavy atom. The van der Waals surface area contributed by atoms with Gasteiger partial charge >= 0.3 is 12.4 Å².